The predicted molar refractivity (Wildman–Crippen MR) is 96.9 cm³/mol. The van der Waals surface area contributed by atoms with Gasteiger partial charge in [0.2, 0.25) is 0 Å². The highest BCUT2D eigenvalue weighted by Gasteiger charge is 2.07. The summed E-state index contributed by atoms with van der Waals surface area (Å²) in [6.45, 7) is 4.56. The third-order valence-corrected chi connectivity index (χ3v) is 3.63. The molecule has 2 rings (SSSR count). The van der Waals surface area contributed by atoms with Crippen LogP contribution in [0.1, 0.15) is 12.5 Å². The van der Waals surface area contributed by atoms with Crippen molar-refractivity contribution < 1.29 is 4.74 Å². The van der Waals surface area contributed by atoms with Crippen molar-refractivity contribution in [2.75, 3.05) is 11.9 Å². The summed E-state index contributed by atoms with van der Waals surface area (Å²) in [6, 6.07) is 15.5. The van der Waals surface area contributed by atoms with Crippen LogP contribution < -0.4 is 15.4 Å². The Bertz CT molecular complexity index is 648. The molecule has 0 unspecified atom stereocenters. The van der Waals surface area contributed by atoms with Gasteiger partial charge >= 0.3 is 0 Å². The Balaban J connectivity index is 1.82. The zero-order chi connectivity index (χ0) is 15.9. The van der Waals surface area contributed by atoms with E-state index in [-0.39, 0.29) is 6.04 Å². The predicted octanol–water partition coefficient (Wildman–Crippen LogP) is 4.40. The average molecular weight is 335 g/mol. The lowest BCUT2D eigenvalue weighted by Gasteiger charge is -2.18. The second kappa shape index (κ2) is 8.01. The van der Waals surface area contributed by atoms with Gasteiger partial charge in [-0.25, -0.2) is 0 Å². The van der Waals surface area contributed by atoms with Crippen LogP contribution in [-0.4, -0.2) is 17.8 Å². The quantitative estimate of drug-likeness (QED) is 0.794. The summed E-state index contributed by atoms with van der Waals surface area (Å²) in [7, 11) is 0. The van der Waals surface area contributed by atoms with Crippen LogP contribution in [-0.2, 0) is 0 Å². The van der Waals surface area contributed by atoms with Crippen LogP contribution in [0.5, 0.6) is 5.75 Å². The molecular weight excluding hydrogens is 316 g/mol. The Hall–Kier alpha value is -1.78. The fourth-order valence-electron chi connectivity index (χ4n) is 1.92. The van der Waals surface area contributed by atoms with Crippen molar-refractivity contribution in [3.05, 3.63) is 59.1 Å². The van der Waals surface area contributed by atoms with Gasteiger partial charge in [0.25, 0.3) is 0 Å². The van der Waals surface area contributed by atoms with E-state index in [1.807, 2.05) is 62.4 Å². The molecule has 0 heterocycles. The van der Waals surface area contributed by atoms with Crippen molar-refractivity contribution in [3.63, 3.8) is 0 Å². The molecule has 3 nitrogen and oxygen atoms in total. The number of thiocarbonyl (C=S) groups is 1. The number of benzene rings is 2. The molecule has 0 bridgehead atoms. The lowest BCUT2D eigenvalue weighted by molar-refractivity contribution is 0.285. The highest BCUT2D eigenvalue weighted by molar-refractivity contribution is 7.80. The number of halogens is 1. The number of nitrogens with one attached hydrogen (secondary N) is 2. The topological polar surface area (TPSA) is 33.3 Å². The first-order chi connectivity index (χ1) is 10.6. The van der Waals surface area contributed by atoms with Crippen molar-refractivity contribution in [2.24, 2.45) is 0 Å². The van der Waals surface area contributed by atoms with Gasteiger partial charge in [0.1, 0.15) is 12.4 Å². The zero-order valence-electron chi connectivity index (χ0n) is 12.6. The van der Waals surface area contributed by atoms with E-state index in [4.69, 9.17) is 28.6 Å². The summed E-state index contributed by atoms with van der Waals surface area (Å²) in [5.74, 6) is 0.890. The maximum atomic E-state index is 6.09. The second-order valence-corrected chi connectivity index (χ2v) is 5.87. The number of hydrogen-bond acceptors (Lipinski definition) is 2. The van der Waals surface area contributed by atoms with E-state index in [2.05, 4.69) is 10.6 Å². The van der Waals surface area contributed by atoms with Crippen LogP contribution >= 0.6 is 23.8 Å². The molecular formula is C17H19ClN2OS. The molecule has 0 fully saturated rings. The van der Waals surface area contributed by atoms with Gasteiger partial charge in [0, 0.05) is 0 Å². The Labute approximate surface area is 141 Å². The monoisotopic (exact) mass is 334 g/mol. The van der Waals surface area contributed by atoms with Gasteiger partial charge in [-0.15, -0.1) is 0 Å². The van der Waals surface area contributed by atoms with E-state index < -0.39 is 0 Å². The Morgan fingerprint density at radius 1 is 1.18 bits per heavy atom. The van der Waals surface area contributed by atoms with Crippen LogP contribution in [0, 0.1) is 6.92 Å². The maximum absolute atomic E-state index is 6.09. The first kappa shape index (κ1) is 16.6. The SMILES string of the molecule is Cc1ccccc1OC[C@H](C)NC(=S)Nc1ccccc1Cl. The minimum absolute atomic E-state index is 0.0714. The van der Waals surface area contributed by atoms with Gasteiger partial charge in [-0.2, -0.15) is 0 Å². The molecule has 5 heteroatoms. The normalized spacial score (nSPS) is 11.6. The molecule has 0 aromatic heterocycles. The average Bonchev–Trinajstić information content (AvgIpc) is 2.49. The van der Waals surface area contributed by atoms with Crippen molar-refractivity contribution in [3.8, 4) is 5.75 Å². The van der Waals surface area contributed by atoms with E-state index in [0.717, 1.165) is 17.0 Å². The van der Waals surface area contributed by atoms with Crippen molar-refractivity contribution in [2.45, 2.75) is 19.9 Å². The third-order valence-electron chi connectivity index (χ3n) is 3.08. The minimum Gasteiger partial charge on any atom is -0.491 e. The van der Waals surface area contributed by atoms with E-state index >= 15 is 0 Å². The molecule has 0 spiro atoms. The molecule has 0 saturated carbocycles. The number of rotatable bonds is 5. The molecule has 0 aliphatic carbocycles. The van der Waals surface area contributed by atoms with Gasteiger partial charge in [-0.1, -0.05) is 41.9 Å². The molecule has 0 aliphatic rings. The van der Waals surface area contributed by atoms with Gasteiger partial charge in [-0.3, -0.25) is 0 Å². The summed E-state index contributed by atoms with van der Waals surface area (Å²) in [5.41, 5.74) is 1.90. The number of aryl methyl sites for hydroxylation is 1. The van der Waals surface area contributed by atoms with Crippen molar-refractivity contribution >= 4 is 34.6 Å². The van der Waals surface area contributed by atoms with Crippen LogP contribution in [0.25, 0.3) is 0 Å². The highest BCUT2D eigenvalue weighted by atomic mass is 35.5. The van der Waals surface area contributed by atoms with Gasteiger partial charge < -0.3 is 15.4 Å². The van der Waals surface area contributed by atoms with Crippen LogP contribution in [0.4, 0.5) is 5.69 Å². The molecule has 0 aliphatic heterocycles. The van der Waals surface area contributed by atoms with Crippen molar-refractivity contribution in [1.29, 1.82) is 0 Å². The molecule has 0 radical (unpaired) electrons. The maximum Gasteiger partial charge on any atom is 0.171 e. The minimum atomic E-state index is 0.0714. The molecule has 0 amide bonds. The summed E-state index contributed by atoms with van der Waals surface area (Å²) in [4.78, 5) is 0. The van der Waals surface area contributed by atoms with E-state index in [1.165, 1.54) is 0 Å². The second-order valence-electron chi connectivity index (χ2n) is 5.06. The lowest BCUT2D eigenvalue weighted by atomic mass is 10.2. The summed E-state index contributed by atoms with van der Waals surface area (Å²) in [6.07, 6.45) is 0. The third kappa shape index (κ3) is 4.90. The molecule has 2 aromatic carbocycles. The van der Waals surface area contributed by atoms with E-state index in [0.29, 0.717) is 16.7 Å². The molecule has 116 valence electrons. The Morgan fingerprint density at radius 3 is 2.59 bits per heavy atom. The van der Waals surface area contributed by atoms with Crippen LogP contribution in [0.15, 0.2) is 48.5 Å². The molecule has 2 aromatic rings. The Morgan fingerprint density at radius 2 is 1.86 bits per heavy atom. The van der Waals surface area contributed by atoms with Crippen LogP contribution in [0.2, 0.25) is 5.02 Å². The number of ether oxygens (including phenoxy) is 1. The largest absolute Gasteiger partial charge is 0.491 e. The molecule has 1 atom stereocenters. The zero-order valence-corrected chi connectivity index (χ0v) is 14.2. The first-order valence-electron chi connectivity index (χ1n) is 7.06. The fourth-order valence-corrected chi connectivity index (χ4v) is 2.41. The first-order valence-corrected chi connectivity index (χ1v) is 7.85. The molecule has 0 saturated heterocycles. The smallest absolute Gasteiger partial charge is 0.171 e. The van der Waals surface area contributed by atoms with Crippen LogP contribution in [0.3, 0.4) is 0 Å². The van der Waals surface area contributed by atoms with Crippen molar-refractivity contribution in [1.82, 2.24) is 5.32 Å². The van der Waals surface area contributed by atoms with Gasteiger partial charge in [0.15, 0.2) is 5.11 Å². The summed E-state index contributed by atoms with van der Waals surface area (Å²) >= 11 is 11.4. The molecule has 22 heavy (non-hydrogen) atoms. The standard InChI is InChI=1S/C17H19ClN2OS/c1-12-7-3-6-10-16(12)21-11-13(2)19-17(22)20-15-9-5-4-8-14(15)18/h3-10,13H,11H2,1-2H3,(H2,19,20,22)/t13-/m0/s1. The fraction of sp³-hybridized carbons (Fsp3) is 0.235. The number of anilines is 1. The summed E-state index contributed by atoms with van der Waals surface area (Å²) < 4.78 is 5.80. The Kier molecular flexibility index (Phi) is 6.04. The lowest BCUT2D eigenvalue weighted by Crippen LogP contribution is -2.39. The van der Waals surface area contributed by atoms with E-state index in [1.54, 1.807) is 0 Å². The summed E-state index contributed by atoms with van der Waals surface area (Å²) in [5, 5.41) is 7.42. The van der Waals surface area contributed by atoms with Gasteiger partial charge in [0.05, 0.1) is 16.8 Å². The van der Waals surface area contributed by atoms with E-state index in [9.17, 15) is 0 Å². The highest BCUT2D eigenvalue weighted by Crippen LogP contribution is 2.20. The molecule has 2 N–H and O–H groups in total. The number of para-hydroxylation sites is 2. The van der Waals surface area contributed by atoms with Gasteiger partial charge in [-0.05, 0) is 49.8 Å². The number of hydrogen-bond donors (Lipinski definition) is 2.